The van der Waals surface area contributed by atoms with Crippen molar-refractivity contribution >= 4 is 35.2 Å². The zero-order valence-corrected chi connectivity index (χ0v) is 24.1. The van der Waals surface area contributed by atoms with Crippen LogP contribution in [-0.4, -0.2) is 89.1 Å². The number of anilines is 1. The maximum atomic E-state index is 14.6. The largest absolute Gasteiger partial charge is 0.497 e. The molecule has 1 spiro atoms. The molecule has 3 fully saturated rings. The molecule has 212 valence electrons. The first-order valence-electron chi connectivity index (χ1n) is 13.8. The quantitative estimate of drug-likeness (QED) is 0.297. The number of likely N-dealkylation sites (tertiary alicyclic amines) is 1. The number of rotatable bonds is 13. The summed E-state index contributed by atoms with van der Waals surface area (Å²) in [6.07, 6.45) is 6.25. The van der Waals surface area contributed by atoms with Gasteiger partial charge in [0.2, 0.25) is 11.8 Å². The van der Waals surface area contributed by atoms with Crippen LogP contribution in [0.2, 0.25) is 0 Å². The highest BCUT2D eigenvalue weighted by Crippen LogP contribution is 2.69. The van der Waals surface area contributed by atoms with E-state index in [-0.39, 0.29) is 35.5 Å². The molecular weight excluding hydrogens is 514 g/mol. The Morgan fingerprint density at radius 1 is 1.15 bits per heavy atom. The summed E-state index contributed by atoms with van der Waals surface area (Å²) < 4.78 is 4.62. The van der Waals surface area contributed by atoms with Crippen molar-refractivity contribution in [2.24, 2.45) is 17.8 Å². The molecule has 3 aliphatic heterocycles. The molecule has 0 saturated carbocycles. The van der Waals surface area contributed by atoms with Crippen LogP contribution in [0, 0.1) is 17.8 Å². The first-order valence-corrected chi connectivity index (χ1v) is 14.7. The topological polar surface area (TPSA) is 90.4 Å². The molecule has 1 N–H and O–H groups in total. The lowest BCUT2D eigenvalue weighted by Gasteiger charge is -2.41. The van der Waals surface area contributed by atoms with Crippen molar-refractivity contribution in [1.82, 2.24) is 9.80 Å². The molecule has 0 aromatic heterocycles. The molecule has 0 radical (unpaired) electrons. The van der Waals surface area contributed by atoms with E-state index in [2.05, 4.69) is 20.1 Å². The van der Waals surface area contributed by atoms with E-state index < -0.39 is 22.6 Å². The number of benzene rings is 1. The summed E-state index contributed by atoms with van der Waals surface area (Å²) in [5, 5.41) is 9.27. The highest BCUT2D eigenvalue weighted by atomic mass is 32.2. The number of aliphatic hydroxyl groups is 1. The van der Waals surface area contributed by atoms with E-state index in [1.54, 1.807) is 52.8 Å². The zero-order chi connectivity index (χ0) is 28.3. The molecule has 6 atom stereocenters. The molecule has 3 amide bonds. The number of fused-ring (bicyclic) bond motifs is 1. The second-order valence-corrected chi connectivity index (χ2v) is 12.4. The van der Waals surface area contributed by atoms with Gasteiger partial charge in [0, 0.05) is 44.2 Å². The molecule has 2 bridgehead atoms. The molecular formula is C30H41N3O5S. The van der Waals surface area contributed by atoms with Crippen LogP contribution >= 0.6 is 11.8 Å². The van der Waals surface area contributed by atoms with Gasteiger partial charge in [-0.1, -0.05) is 19.1 Å². The lowest BCUT2D eigenvalue weighted by Crippen LogP contribution is -2.57. The Hall–Kier alpha value is -2.78. The van der Waals surface area contributed by atoms with Gasteiger partial charge in [0.05, 0.1) is 23.7 Å². The third kappa shape index (κ3) is 4.99. The molecule has 9 heteroatoms. The van der Waals surface area contributed by atoms with E-state index in [0.717, 1.165) is 12.8 Å². The van der Waals surface area contributed by atoms with E-state index in [1.165, 1.54) is 0 Å². The van der Waals surface area contributed by atoms with Crippen LogP contribution in [0.5, 0.6) is 5.75 Å². The Morgan fingerprint density at radius 2 is 1.85 bits per heavy atom. The van der Waals surface area contributed by atoms with E-state index in [4.69, 9.17) is 4.74 Å². The molecule has 3 unspecified atom stereocenters. The summed E-state index contributed by atoms with van der Waals surface area (Å²) in [6, 6.07) is 6.62. The normalized spacial score (nSPS) is 28.8. The number of hydrogen-bond donors (Lipinski definition) is 1. The summed E-state index contributed by atoms with van der Waals surface area (Å²) in [4.78, 5) is 47.6. The zero-order valence-electron chi connectivity index (χ0n) is 23.3. The number of nitrogens with zero attached hydrogens (tertiary/aromatic N) is 3. The number of hydrogen-bond acceptors (Lipinski definition) is 6. The predicted molar refractivity (Wildman–Crippen MR) is 155 cm³/mol. The van der Waals surface area contributed by atoms with Gasteiger partial charge in [0.15, 0.2) is 0 Å². The third-order valence-electron chi connectivity index (χ3n) is 8.56. The van der Waals surface area contributed by atoms with Gasteiger partial charge in [0.25, 0.3) is 5.91 Å². The summed E-state index contributed by atoms with van der Waals surface area (Å²) in [7, 11) is 3.35. The van der Waals surface area contributed by atoms with Crippen molar-refractivity contribution in [3.63, 3.8) is 0 Å². The minimum atomic E-state index is -0.696. The first kappa shape index (κ1) is 29.2. The van der Waals surface area contributed by atoms with E-state index >= 15 is 0 Å². The van der Waals surface area contributed by atoms with Gasteiger partial charge in [-0.2, -0.15) is 0 Å². The fraction of sp³-hybridized carbons (Fsp3) is 0.567. The van der Waals surface area contributed by atoms with Crippen LogP contribution in [0.4, 0.5) is 5.69 Å². The number of thioether (sulfide) groups is 1. The maximum absolute atomic E-state index is 14.6. The Kier molecular flexibility index (Phi) is 9.11. The number of carbonyl (C=O) groups is 3. The second kappa shape index (κ2) is 12.2. The lowest BCUT2D eigenvalue weighted by atomic mass is 9.65. The Labute approximate surface area is 236 Å². The number of amides is 3. The molecule has 39 heavy (non-hydrogen) atoms. The van der Waals surface area contributed by atoms with Crippen LogP contribution in [0.15, 0.2) is 49.6 Å². The SMILES string of the molecule is C=CCN(C)C(=O)[C@@H]1[C@@H]2CC(C)C3(S2)C(C(=O)N(CC=C)c2ccc(OC)cc2)N(CCCCCO)C(=O)[C@H]13. The van der Waals surface area contributed by atoms with Crippen LogP contribution < -0.4 is 9.64 Å². The van der Waals surface area contributed by atoms with Crippen molar-refractivity contribution in [3.05, 3.63) is 49.6 Å². The van der Waals surface area contributed by atoms with Gasteiger partial charge in [-0.3, -0.25) is 14.4 Å². The lowest BCUT2D eigenvalue weighted by molar-refractivity contribution is -0.143. The highest BCUT2D eigenvalue weighted by Gasteiger charge is 2.76. The summed E-state index contributed by atoms with van der Waals surface area (Å²) in [5.74, 6) is -0.532. The Bertz CT molecular complexity index is 1090. The van der Waals surface area contributed by atoms with Gasteiger partial charge in [-0.15, -0.1) is 24.9 Å². The average molecular weight is 556 g/mol. The Balaban J connectivity index is 1.76. The van der Waals surface area contributed by atoms with Crippen LogP contribution in [-0.2, 0) is 14.4 Å². The molecule has 1 aromatic carbocycles. The number of carbonyl (C=O) groups excluding carboxylic acids is 3. The maximum Gasteiger partial charge on any atom is 0.251 e. The minimum Gasteiger partial charge on any atom is -0.497 e. The van der Waals surface area contributed by atoms with Crippen molar-refractivity contribution in [1.29, 1.82) is 0 Å². The van der Waals surface area contributed by atoms with Gasteiger partial charge in [-0.05, 0) is 55.9 Å². The van der Waals surface area contributed by atoms with E-state index in [1.807, 2.05) is 24.3 Å². The number of unbranched alkanes of at least 4 members (excludes halogenated alkanes) is 2. The number of likely N-dealkylation sites (N-methyl/N-ethyl adjacent to an activating group) is 1. The monoisotopic (exact) mass is 555 g/mol. The molecule has 3 saturated heterocycles. The fourth-order valence-electron chi connectivity index (χ4n) is 6.79. The van der Waals surface area contributed by atoms with E-state index in [0.29, 0.717) is 43.9 Å². The highest BCUT2D eigenvalue weighted by molar-refractivity contribution is 8.02. The standard InChI is InChI=1S/C30H41N3O5S/c1-6-15-31(4)27(35)24-23-19-20(3)30(39-23)25(24)28(36)33(17-9-8-10-18-34)26(30)29(37)32(16-7-2)21-11-13-22(38-5)14-12-21/h6-7,11-14,20,23-26,34H,1-2,8-10,15-19H2,3-5H3/t20?,23-,24+,25-,26?,30?/m0/s1. The summed E-state index contributed by atoms with van der Waals surface area (Å²) >= 11 is 1.68. The van der Waals surface area contributed by atoms with Gasteiger partial charge < -0.3 is 24.5 Å². The minimum absolute atomic E-state index is 0.00519. The number of aliphatic hydroxyl groups excluding tert-OH is 1. The van der Waals surface area contributed by atoms with Crippen molar-refractivity contribution in [2.75, 3.05) is 45.3 Å². The van der Waals surface area contributed by atoms with Crippen LogP contribution in [0.1, 0.15) is 32.6 Å². The van der Waals surface area contributed by atoms with Crippen molar-refractivity contribution in [3.8, 4) is 5.75 Å². The first-order chi connectivity index (χ1) is 18.8. The van der Waals surface area contributed by atoms with Crippen molar-refractivity contribution < 1.29 is 24.2 Å². The van der Waals surface area contributed by atoms with Gasteiger partial charge >= 0.3 is 0 Å². The summed E-state index contributed by atoms with van der Waals surface area (Å²) in [6.45, 7) is 11.0. The van der Waals surface area contributed by atoms with Crippen LogP contribution in [0.3, 0.4) is 0 Å². The molecule has 3 heterocycles. The molecule has 3 aliphatic rings. The summed E-state index contributed by atoms with van der Waals surface area (Å²) in [5.41, 5.74) is 0.705. The van der Waals surface area contributed by atoms with E-state index in [9.17, 15) is 19.5 Å². The average Bonchev–Trinajstić information content (AvgIpc) is 3.52. The second-order valence-electron chi connectivity index (χ2n) is 10.8. The molecule has 4 rings (SSSR count). The fourth-order valence-corrected chi connectivity index (χ4v) is 9.20. The van der Waals surface area contributed by atoms with Crippen LogP contribution in [0.25, 0.3) is 0 Å². The van der Waals surface area contributed by atoms with Gasteiger partial charge in [0.1, 0.15) is 11.8 Å². The van der Waals surface area contributed by atoms with Crippen molar-refractivity contribution in [2.45, 2.75) is 48.6 Å². The Morgan fingerprint density at radius 3 is 2.46 bits per heavy atom. The predicted octanol–water partition coefficient (Wildman–Crippen LogP) is 3.36. The number of ether oxygens (including phenoxy) is 1. The molecule has 0 aliphatic carbocycles. The smallest absolute Gasteiger partial charge is 0.251 e. The van der Waals surface area contributed by atoms with Gasteiger partial charge in [-0.25, -0.2) is 0 Å². The molecule has 8 nitrogen and oxygen atoms in total. The molecule has 1 aromatic rings. The number of methoxy groups -OCH3 is 1. The third-order valence-corrected chi connectivity index (χ3v) is 10.6.